The number of carbonyl (C=O) groups is 1. The zero-order valence-corrected chi connectivity index (χ0v) is 12.6. The normalized spacial score (nSPS) is 10.3. The van der Waals surface area contributed by atoms with Crippen molar-refractivity contribution in [2.24, 2.45) is 0 Å². The summed E-state index contributed by atoms with van der Waals surface area (Å²) in [6, 6.07) is 0.00334. The molecule has 21 heavy (non-hydrogen) atoms. The summed E-state index contributed by atoms with van der Waals surface area (Å²) in [6.07, 6.45) is 1.23. The Morgan fingerprint density at radius 3 is 2.67 bits per heavy atom. The molecule has 9 nitrogen and oxygen atoms in total. The van der Waals surface area contributed by atoms with E-state index >= 15 is 0 Å². The van der Waals surface area contributed by atoms with Crippen molar-refractivity contribution in [3.63, 3.8) is 0 Å². The Balaban J connectivity index is 3.03. The maximum Gasteiger partial charge on any atom is 0.353 e. The molecule has 1 aromatic heterocycles. The van der Waals surface area contributed by atoms with Crippen molar-refractivity contribution < 1.29 is 9.72 Å². The largest absolute Gasteiger partial charge is 0.364 e. The summed E-state index contributed by atoms with van der Waals surface area (Å²) >= 11 is 0. The quantitative estimate of drug-likeness (QED) is 0.564. The molecule has 0 aliphatic carbocycles. The van der Waals surface area contributed by atoms with Crippen LogP contribution in [0.5, 0.6) is 0 Å². The van der Waals surface area contributed by atoms with Crippen molar-refractivity contribution >= 4 is 23.2 Å². The van der Waals surface area contributed by atoms with E-state index in [0.29, 0.717) is 6.54 Å². The monoisotopic (exact) mass is 296 g/mol. The highest BCUT2D eigenvalue weighted by molar-refractivity contribution is 5.82. The summed E-state index contributed by atoms with van der Waals surface area (Å²) in [4.78, 5) is 31.7. The van der Waals surface area contributed by atoms with Gasteiger partial charge in [-0.2, -0.15) is 0 Å². The third-order valence-electron chi connectivity index (χ3n) is 2.52. The highest BCUT2D eigenvalue weighted by Crippen LogP contribution is 2.30. The predicted molar refractivity (Wildman–Crippen MR) is 79.4 cm³/mol. The maximum atomic E-state index is 11.7. The standard InChI is InChI=1S/C12H20N6O3/c1-5-13-11-10(18(20)21)12(15-7-14-11)17(4)6-9(19)16-8(2)3/h7-8H,5-6H2,1-4H3,(H,16,19)(H,13,14,15). The van der Waals surface area contributed by atoms with Gasteiger partial charge in [0.25, 0.3) is 0 Å². The van der Waals surface area contributed by atoms with Crippen LogP contribution in [0.3, 0.4) is 0 Å². The molecular formula is C12H20N6O3. The second kappa shape index (κ2) is 7.36. The first-order valence-corrected chi connectivity index (χ1v) is 6.60. The Hall–Kier alpha value is -2.45. The summed E-state index contributed by atoms with van der Waals surface area (Å²) in [5.41, 5.74) is -0.237. The van der Waals surface area contributed by atoms with Gasteiger partial charge in [-0.05, 0) is 20.8 Å². The van der Waals surface area contributed by atoms with Crippen molar-refractivity contribution in [1.82, 2.24) is 15.3 Å². The maximum absolute atomic E-state index is 11.7. The van der Waals surface area contributed by atoms with Crippen LogP contribution in [0.25, 0.3) is 0 Å². The molecule has 1 heterocycles. The summed E-state index contributed by atoms with van der Waals surface area (Å²) in [7, 11) is 1.57. The lowest BCUT2D eigenvalue weighted by atomic mass is 10.3. The molecule has 0 unspecified atom stereocenters. The lowest BCUT2D eigenvalue weighted by molar-refractivity contribution is -0.383. The first-order chi connectivity index (χ1) is 9.86. The fraction of sp³-hybridized carbons (Fsp3) is 0.583. The van der Waals surface area contributed by atoms with Gasteiger partial charge in [-0.15, -0.1) is 0 Å². The molecule has 1 amide bonds. The molecule has 9 heteroatoms. The highest BCUT2D eigenvalue weighted by Gasteiger charge is 2.26. The molecule has 0 aliphatic heterocycles. The molecule has 0 atom stereocenters. The zero-order chi connectivity index (χ0) is 16.0. The van der Waals surface area contributed by atoms with Crippen molar-refractivity contribution in [3.05, 3.63) is 16.4 Å². The van der Waals surface area contributed by atoms with E-state index < -0.39 is 4.92 Å². The third-order valence-corrected chi connectivity index (χ3v) is 2.52. The van der Waals surface area contributed by atoms with Crippen LogP contribution in [0.1, 0.15) is 20.8 Å². The van der Waals surface area contributed by atoms with Gasteiger partial charge in [0, 0.05) is 19.6 Å². The average Bonchev–Trinajstić information content (AvgIpc) is 2.37. The van der Waals surface area contributed by atoms with Crippen LogP contribution in [-0.2, 0) is 4.79 Å². The Kier molecular flexibility index (Phi) is 5.82. The minimum Gasteiger partial charge on any atom is -0.364 e. The van der Waals surface area contributed by atoms with Crippen LogP contribution >= 0.6 is 0 Å². The Bertz CT molecular complexity index is 520. The van der Waals surface area contributed by atoms with Crippen LogP contribution in [0.15, 0.2) is 6.33 Å². The minimum absolute atomic E-state index is 0.00334. The van der Waals surface area contributed by atoms with Gasteiger partial charge >= 0.3 is 5.69 Å². The molecule has 0 aliphatic rings. The topological polar surface area (TPSA) is 113 Å². The summed E-state index contributed by atoms with van der Waals surface area (Å²) in [5.74, 6) is 0.0129. The molecule has 0 fully saturated rings. The lowest BCUT2D eigenvalue weighted by Gasteiger charge is -2.19. The summed E-state index contributed by atoms with van der Waals surface area (Å²) < 4.78 is 0. The van der Waals surface area contributed by atoms with Gasteiger partial charge in [-0.3, -0.25) is 14.9 Å². The molecule has 0 aromatic carbocycles. The lowest BCUT2D eigenvalue weighted by Crippen LogP contribution is -2.39. The molecule has 0 spiro atoms. The number of hydrogen-bond donors (Lipinski definition) is 2. The second-order valence-electron chi connectivity index (χ2n) is 4.76. The number of rotatable bonds is 7. The van der Waals surface area contributed by atoms with Gasteiger partial charge in [0.05, 0.1) is 11.5 Å². The second-order valence-corrected chi connectivity index (χ2v) is 4.76. The number of carbonyl (C=O) groups excluding carboxylic acids is 1. The van der Waals surface area contributed by atoms with Crippen LogP contribution < -0.4 is 15.5 Å². The number of nitrogens with one attached hydrogen (secondary N) is 2. The van der Waals surface area contributed by atoms with Crippen molar-refractivity contribution in [2.45, 2.75) is 26.8 Å². The summed E-state index contributed by atoms with van der Waals surface area (Å²) in [6.45, 7) is 5.96. The van der Waals surface area contributed by atoms with E-state index in [1.54, 1.807) is 7.05 Å². The van der Waals surface area contributed by atoms with E-state index in [4.69, 9.17) is 0 Å². The first-order valence-electron chi connectivity index (χ1n) is 6.60. The predicted octanol–water partition coefficient (Wildman–Crippen LogP) is 0.777. The number of aromatic nitrogens is 2. The van der Waals surface area contributed by atoms with E-state index in [2.05, 4.69) is 20.6 Å². The smallest absolute Gasteiger partial charge is 0.353 e. The van der Waals surface area contributed by atoms with E-state index in [0.717, 1.165) is 0 Å². The Labute approximate surface area is 122 Å². The number of likely N-dealkylation sites (N-methyl/N-ethyl adjacent to an activating group) is 1. The molecule has 116 valence electrons. The zero-order valence-electron chi connectivity index (χ0n) is 12.6. The number of anilines is 2. The number of nitrogens with zero attached hydrogens (tertiary/aromatic N) is 4. The van der Waals surface area contributed by atoms with Crippen LogP contribution in [0, 0.1) is 10.1 Å². The molecule has 0 saturated heterocycles. The third kappa shape index (κ3) is 4.55. The van der Waals surface area contributed by atoms with Crippen molar-refractivity contribution in [1.29, 1.82) is 0 Å². The molecule has 0 bridgehead atoms. The van der Waals surface area contributed by atoms with Crippen LogP contribution in [-0.4, -0.2) is 47.0 Å². The van der Waals surface area contributed by atoms with Gasteiger partial charge in [0.2, 0.25) is 17.5 Å². The molecule has 0 radical (unpaired) electrons. The molecule has 0 saturated carbocycles. The van der Waals surface area contributed by atoms with Crippen LogP contribution in [0.4, 0.5) is 17.3 Å². The number of amides is 1. The minimum atomic E-state index is -0.551. The van der Waals surface area contributed by atoms with Gasteiger partial charge in [0.1, 0.15) is 6.33 Å². The average molecular weight is 296 g/mol. The molecular weight excluding hydrogens is 276 g/mol. The van der Waals surface area contributed by atoms with Gasteiger partial charge in [0.15, 0.2) is 0 Å². The van der Waals surface area contributed by atoms with Crippen molar-refractivity contribution in [3.8, 4) is 0 Å². The number of nitro groups is 1. The summed E-state index contributed by atoms with van der Waals surface area (Å²) in [5, 5.41) is 16.8. The van der Waals surface area contributed by atoms with E-state index in [1.807, 2.05) is 20.8 Å². The molecule has 1 aromatic rings. The van der Waals surface area contributed by atoms with Gasteiger partial charge < -0.3 is 15.5 Å². The van der Waals surface area contributed by atoms with E-state index in [9.17, 15) is 14.9 Å². The Morgan fingerprint density at radius 2 is 2.14 bits per heavy atom. The first kappa shape index (κ1) is 16.6. The van der Waals surface area contributed by atoms with Gasteiger partial charge in [-0.1, -0.05) is 0 Å². The highest BCUT2D eigenvalue weighted by atomic mass is 16.6. The van der Waals surface area contributed by atoms with E-state index in [1.165, 1.54) is 11.2 Å². The number of hydrogen-bond acceptors (Lipinski definition) is 7. The van der Waals surface area contributed by atoms with Crippen LogP contribution in [0.2, 0.25) is 0 Å². The van der Waals surface area contributed by atoms with Crippen molar-refractivity contribution in [2.75, 3.05) is 30.4 Å². The Morgan fingerprint density at radius 1 is 1.48 bits per heavy atom. The molecule has 1 rings (SSSR count). The SMILES string of the molecule is CCNc1ncnc(N(C)CC(=O)NC(C)C)c1[N+](=O)[O-]. The van der Waals surface area contributed by atoms with E-state index in [-0.39, 0.29) is 35.8 Å². The molecule has 2 N–H and O–H groups in total. The fourth-order valence-electron chi connectivity index (χ4n) is 1.77. The fourth-order valence-corrected chi connectivity index (χ4v) is 1.77. The van der Waals surface area contributed by atoms with Gasteiger partial charge in [-0.25, -0.2) is 9.97 Å².